The van der Waals surface area contributed by atoms with Gasteiger partial charge in [0.1, 0.15) is 0 Å². The van der Waals surface area contributed by atoms with Gasteiger partial charge in [-0.15, -0.1) is 0 Å². The summed E-state index contributed by atoms with van der Waals surface area (Å²) in [6.07, 6.45) is 2.89. The van der Waals surface area contributed by atoms with Gasteiger partial charge in [-0.1, -0.05) is 19.1 Å². The minimum absolute atomic E-state index is 0.00174. The second-order valence-electron chi connectivity index (χ2n) is 9.10. The number of rotatable bonds is 8. The van der Waals surface area contributed by atoms with Gasteiger partial charge in [0.2, 0.25) is 6.79 Å². The summed E-state index contributed by atoms with van der Waals surface area (Å²) < 4.78 is 16.4. The van der Waals surface area contributed by atoms with Crippen LogP contribution < -0.4 is 20.3 Å². The van der Waals surface area contributed by atoms with E-state index in [1.165, 1.54) is 11.1 Å². The molecule has 5 rings (SSSR count). The molecule has 0 spiro atoms. The third kappa shape index (κ3) is 4.69. The highest BCUT2D eigenvalue weighted by Crippen LogP contribution is 2.39. The van der Waals surface area contributed by atoms with Gasteiger partial charge >= 0.3 is 0 Å². The highest BCUT2D eigenvalue weighted by Gasteiger charge is 2.29. The van der Waals surface area contributed by atoms with E-state index in [1.54, 1.807) is 7.11 Å². The smallest absolute Gasteiger partial charge is 0.251 e. The van der Waals surface area contributed by atoms with Crippen molar-refractivity contribution in [2.24, 2.45) is 0 Å². The fraction of sp³-hybridized carbons (Fsp3) is 0.444. The van der Waals surface area contributed by atoms with Crippen LogP contribution in [-0.2, 0) is 11.2 Å². The SMILES string of the molecule is CCc1cc2cc(C(c3ccc4c(c3)OCO4)N3CCC(NCCOC)CC3)ccc2[nH]c1=O. The summed E-state index contributed by atoms with van der Waals surface area (Å²) in [4.78, 5) is 17.9. The summed E-state index contributed by atoms with van der Waals surface area (Å²) in [7, 11) is 1.74. The molecule has 180 valence electrons. The number of piperidine rings is 1. The second kappa shape index (κ2) is 10.2. The van der Waals surface area contributed by atoms with Crippen molar-refractivity contribution >= 4 is 10.9 Å². The Labute approximate surface area is 200 Å². The molecule has 1 aromatic heterocycles. The minimum atomic E-state index is -0.00174. The number of aromatic amines is 1. The summed E-state index contributed by atoms with van der Waals surface area (Å²) in [5.41, 5.74) is 4.09. The van der Waals surface area contributed by atoms with Crippen molar-refractivity contribution in [3.8, 4) is 11.5 Å². The molecule has 3 aromatic rings. The number of benzene rings is 2. The van der Waals surface area contributed by atoms with Gasteiger partial charge < -0.3 is 24.5 Å². The van der Waals surface area contributed by atoms with Crippen LogP contribution in [-0.4, -0.2) is 56.1 Å². The first-order valence-electron chi connectivity index (χ1n) is 12.2. The first kappa shape index (κ1) is 22.9. The molecular formula is C27H33N3O4. The van der Waals surface area contributed by atoms with E-state index >= 15 is 0 Å². The van der Waals surface area contributed by atoms with Crippen molar-refractivity contribution in [3.63, 3.8) is 0 Å². The zero-order valence-corrected chi connectivity index (χ0v) is 19.9. The van der Waals surface area contributed by atoms with E-state index in [1.807, 2.05) is 25.1 Å². The van der Waals surface area contributed by atoms with Crippen LogP contribution in [0.3, 0.4) is 0 Å². The third-order valence-electron chi connectivity index (χ3n) is 6.99. The standard InChI is InChI=1S/C27H33N3O4/c1-3-18-14-21-15-19(4-6-23(21)29-27(18)31)26(20-5-7-24-25(16-20)34-17-33-24)30-11-8-22(9-12-30)28-10-13-32-2/h4-7,14-16,22,26,28H,3,8-13,17H2,1-2H3,(H,29,31). The Balaban J connectivity index is 1.47. The highest BCUT2D eigenvalue weighted by atomic mass is 16.7. The normalized spacial score (nSPS) is 17.4. The Morgan fingerprint density at radius 1 is 1.09 bits per heavy atom. The van der Waals surface area contributed by atoms with Crippen LogP contribution in [0.2, 0.25) is 0 Å². The number of aromatic nitrogens is 1. The Morgan fingerprint density at radius 3 is 2.65 bits per heavy atom. The largest absolute Gasteiger partial charge is 0.454 e. The average Bonchev–Trinajstić information content (AvgIpc) is 3.33. The quantitative estimate of drug-likeness (QED) is 0.497. The monoisotopic (exact) mass is 463 g/mol. The summed E-state index contributed by atoms with van der Waals surface area (Å²) in [6, 6.07) is 15.3. The maximum Gasteiger partial charge on any atom is 0.251 e. The molecule has 2 aliphatic heterocycles. The number of methoxy groups -OCH3 is 1. The third-order valence-corrected chi connectivity index (χ3v) is 6.99. The first-order chi connectivity index (χ1) is 16.7. The summed E-state index contributed by atoms with van der Waals surface area (Å²) in [5.74, 6) is 1.60. The van der Waals surface area contributed by atoms with Crippen molar-refractivity contribution in [3.05, 3.63) is 69.5 Å². The Morgan fingerprint density at radius 2 is 1.85 bits per heavy atom. The van der Waals surface area contributed by atoms with E-state index in [0.29, 0.717) is 12.5 Å². The lowest BCUT2D eigenvalue weighted by Crippen LogP contribution is -2.44. The van der Waals surface area contributed by atoms with E-state index in [2.05, 4.69) is 39.5 Å². The van der Waals surface area contributed by atoms with Gasteiger partial charge in [0.25, 0.3) is 5.56 Å². The molecule has 1 saturated heterocycles. The van der Waals surface area contributed by atoms with Crippen molar-refractivity contribution < 1.29 is 14.2 Å². The van der Waals surface area contributed by atoms with Crippen LogP contribution in [0, 0.1) is 0 Å². The second-order valence-corrected chi connectivity index (χ2v) is 9.10. The zero-order valence-electron chi connectivity index (χ0n) is 19.9. The molecule has 2 N–H and O–H groups in total. The van der Waals surface area contributed by atoms with Crippen molar-refractivity contribution in [1.82, 2.24) is 15.2 Å². The van der Waals surface area contributed by atoms with Gasteiger partial charge in [-0.3, -0.25) is 9.69 Å². The van der Waals surface area contributed by atoms with E-state index in [-0.39, 0.29) is 18.4 Å². The Bertz CT molecular complexity index is 1200. The van der Waals surface area contributed by atoms with Crippen molar-refractivity contribution in [2.75, 3.05) is 40.1 Å². The van der Waals surface area contributed by atoms with Gasteiger partial charge in [0, 0.05) is 43.9 Å². The predicted molar refractivity (Wildman–Crippen MR) is 133 cm³/mol. The molecule has 0 saturated carbocycles. The molecule has 0 amide bonds. The number of ether oxygens (including phenoxy) is 3. The lowest BCUT2D eigenvalue weighted by atomic mass is 9.92. The van der Waals surface area contributed by atoms with E-state index in [0.717, 1.165) is 67.0 Å². The molecule has 1 atom stereocenters. The Kier molecular flexibility index (Phi) is 6.85. The van der Waals surface area contributed by atoms with Crippen LogP contribution in [0.5, 0.6) is 11.5 Å². The molecule has 0 radical (unpaired) electrons. The van der Waals surface area contributed by atoms with Crippen LogP contribution in [0.4, 0.5) is 0 Å². The number of hydrogen-bond donors (Lipinski definition) is 2. The topological polar surface area (TPSA) is 75.8 Å². The maximum atomic E-state index is 12.3. The maximum absolute atomic E-state index is 12.3. The van der Waals surface area contributed by atoms with Gasteiger partial charge in [-0.25, -0.2) is 0 Å². The van der Waals surface area contributed by atoms with Crippen molar-refractivity contribution in [2.45, 2.75) is 38.3 Å². The molecular weight excluding hydrogens is 430 g/mol. The fourth-order valence-corrected chi connectivity index (χ4v) is 5.13. The first-order valence-corrected chi connectivity index (χ1v) is 12.2. The highest BCUT2D eigenvalue weighted by molar-refractivity contribution is 5.80. The number of H-pyrrole nitrogens is 1. The molecule has 2 aliphatic rings. The van der Waals surface area contributed by atoms with E-state index < -0.39 is 0 Å². The number of pyridine rings is 1. The summed E-state index contributed by atoms with van der Waals surface area (Å²) >= 11 is 0. The summed E-state index contributed by atoms with van der Waals surface area (Å²) in [6.45, 7) is 5.89. The number of nitrogens with zero attached hydrogens (tertiary/aromatic N) is 1. The molecule has 3 heterocycles. The van der Waals surface area contributed by atoms with Gasteiger partial charge in [-0.05, 0) is 66.1 Å². The number of fused-ring (bicyclic) bond motifs is 2. The van der Waals surface area contributed by atoms with Crippen LogP contribution >= 0.6 is 0 Å². The van der Waals surface area contributed by atoms with E-state index in [4.69, 9.17) is 14.2 Å². The van der Waals surface area contributed by atoms with Gasteiger partial charge in [0.15, 0.2) is 11.5 Å². The lowest BCUT2D eigenvalue weighted by molar-refractivity contribution is 0.151. The molecule has 2 aromatic carbocycles. The van der Waals surface area contributed by atoms with Gasteiger partial charge in [-0.2, -0.15) is 0 Å². The van der Waals surface area contributed by atoms with Gasteiger partial charge in [0.05, 0.1) is 12.6 Å². The number of aryl methyl sites for hydroxylation is 1. The number of nitrogens with one attached hydrogen (secondary N) is 2. The van der Waals surface area contributed by atoms with Crippen molar-refractivity contribution in [1.29, 1.82) is 0 Å². The van der Waals surface area contributed by atoms with Crippen LogP contribution in [0.25, 0.3) is 10.9 Å². The van der Waals surface area contributed by atoms with Crippen LogP contribution in [0.15, 0.2) is 47.3 Å². The molecule has 1 unspecified atom stereocenters. The fourth-order valence-electron chi connectivity index (χ4n) is 5.13. The average molecular weight is 464 g/mol. The molecule has 7 heteroatoms. The number of likely N-dealkylation sites (tertiary alicyclic amines) is 1. The van der Waals surface area contributed by atoms with E-state index in [9.17, 15) is 4.79 Å². The summed E-state index contributed by atoms with van der Waals surface area (Å²) in [5, 5.41) is 4.68. The minimum Gasteiger partial charge on any atom is -0.454 e. The molecule has 0 bridgehead atoms. The number of hydrogen-bond acceptors (Lipinski definition) is 6. The predicted octanol–water partition coefficient (Wildman–Crippen LogP) is 3.61. The Hall–Kier alpha value is -2.87. The molecule has 1 fully saturated rings. The molecule has 0 aliphatic carbocycles. The lowest BCUT2D eigenvalue weighted by Gasteiger charge is -2.38. The molecule has 7 nitrogen and oxygen atoms in total. The zero-order chi connectivity index (χ0) is 23.5. The molecule has 34 heavy (non-hydrogen) atoms. The van der Waals surface area contributed by atoms with Crippen LogP contribution in [0.1, 0.15) is 42.5 Å².